The number of hydrogen-bond donors (Lipinski definition) is 2. The number of urea groups is 1. The van der Waals surface area contributed by atoms with Gasteiger partial charge in [-0.2, -0.15) is 0 Å². The zero-order valence-corrected chi connectivity index (χ0v) is 15.7. The maximum Gasteiger partial charge on any atom is 0.424 e. The summed E-state index contributed by atoms with van der Waals surface area (Å²) in [7, 11) is 0. The molecule has 2 N–H and O–H groups in total. The predicted octanol–water partition coefficient (Wildman–Crippen LogP) is 5.31. The Kier molecular flexibility index (Phi) is 5.42. The fraction of sp³-hybridized carbons (Fsp3) is 0.130. The molecule has 0 bridgehead atoms. The van der Waals surface area contributed by atoms with Crippen molar-refractivity contribution < 1.29 is 14.3 Å². The Morgan fingerprint density at radius 2 is 1.45 bits per heavy atom. The van der Waals surface area contributed by atoms with E-state index in [-0.39, 0.29) is 12.1 Å². The Morgan fingerprint density at radius 1 is 0.828 bits per heavy atom. The second-order valence-corrected chi connectivity index (χ2v) is 6.78. The van der Waals surface area contributed by atoms with Gasteiger partial charge in [0.1, 0.15) is 5.75 Å². The number of nitrogens with one attached hydrogen (secondary N) is 2. The average molecular weight is 387 g/mol. The standard InChI is InChI=1S/C23H21N3O3/c27-22(24-17-14-15-17)25-18-8-7-13-21(16-18)29-23(28)26(19-9-3-1-4-10-19)20-11-5-2-6-12-20/h1-13,16-17H,14-15H2,(H2,24,25,27). The molecule has 0 spiro atoms. The van der Waals surface area contributed by atoms with Gasteiger partial charge in [0.2, 0.25) is 0 Å². The fourth-order valence-corrected chi connectivity index (χ4v) is 2.88. The minimum atomic E-state index is -0.540. The van der Waals surface area contributed by atoms with E-state index in [1.807, 2.05) is 60.7 Å². The maximum absolute atomic E-state index is 13.0. The van der Waals surface area contributed by atoms with Crippen LogP contribution in [0, 0.1) is 0 Å². The molecule has 0 unspecified atom stereocenters. The van der Waals surface area contributed by atoms with Crippen LogP contribution in [-0.4, -0.2) is 18.2 Å². The highest BCUT2D eigenvalue weighted by molar-refractivity contribution is 5.97. The van der Waals surface area contributed by atoms with Crippen LogP contribution in [0.25, 0.3) is 0 Å². The van der Waals surface area contributed by atoms with Crippen LogP contribution in [0.1, 0.15) is 12.8 Å². The topological polar surface area (TPSA) is 70.7 Å². The summed E-state index contributed by atoms with van der Waals surface area (Å²) >= 11 is 0. The van der Waals surface area contributed by atoms with E-state index in [4.69, 9.17) is 4.74 Å². The molecule has 4 rings (SSSR count). The molecule has 0 aliphatic heterocycles. The summed E-state index contributed by atoms with van der Waals surface area (Å²) < 4.78 is 5.62. The van der Waals surface area contributed by atoms with Crippen LogP contribution in [0.3, 0.4) is 0 Å². The number of amides is 3. The molecule has 0 saturated heterocycles. The van der Waals surface area contributed by atoms with E-state index in [0.29, 0.717) is 22.8 Å². The Hall–Kier alpha value is -3.80. The molecule has 0 atom stereocenters. The number of hydrogen-bond acceptors (Lipinski definition) is 3. The summed E-state index contributed by atoms with van der Waals surface area (Å²) in [5.41, 5.74) is 1.95. The van der Waals surface area contributed by atoms with Crippen molar-refractivity contribution in [3.63, 3.8) is 0 Å². The van der Waals surface area contributed by atoms with Crippen LogP contribution in [0.15, 0.2) is 84.9 Å². The lowest BCUT2D eigenvalue weighted by molar-refractivity contribution is 0.210. The first-order valence-electron chi connectivity index (χ1n) is 9.49. The van der Waals surface area contributed by atoms with Gasteiger partial charge in [-0.25, -0.2) is 14.5 Å². The summed E-state index contributed by atoms with van der Waals surface area (Å²) in [6.45, 7) is 0. The summed E-state index contributed by atoms with van der Waals surface area (Å²) in [4.78, 5) is 26.4. The second kappa shape index (κ2) is 8.48. The first kappa shape index (κ1) is 18.6. The van der Waals surface area contributed by atoms with E-state index in [2.05, 4.69) is 10.6 Å². The third-order valence-corrected chi connectivity index (χ3v) is 4.42. The van der Waals surface area contributed by atoms with Crippen molar-refractivity contribution in [1.82, 2.24) is 5.32 Å². The van der Waals surface area contributed by atoms with Gasteiger partial charge in [0.25, 0.3) is 0 Å². The van der Waals surface area contributed by atoms with Gasteiger partial charge >= 0.3 is 12.1 Å². The van der Waals surface area contributed by atoms with Gasteiger partial charge in [-0.05, 0) is 49.2 Å². The molecule has 1 aliphatic carbocycles. The molecule has 3 amide bonds. The molecular formula is C23H21N3O3. The molecule has 0 heterocycles. The van der Waals surface area contributed by atoms with Gasteiger partial charge in [0, 0.05) is 17.8 Å². The maximum atomic E-state index is 13.0. The first-order chi connectivity index (χ1) is 14.2. The van der Waals surface area contributed by atoms with E-state index in [0.717, 1.165) is 12.8 Å². The molecule has 6 heteroatoms. The number of benzene rings is 3. The summed E-state index contributed by atoms with van der Waals surface area (Å²) in [6, 6.07) is 25.4. The first-order valence-corrected chi connectivity index (χ1v) is 9.49. The molecule has 3 aromatic carbocycles. The average Bonchev–Trinajstić information content (AvgIpc) is 3.54. The third kappa shape index (κ3) is 4.93. The number of para-hydroxylation sites is 2. The van der Waals surface area contributed by atoms with Gasteiger partial charge in [0.15, 0.2) is 0 Å². The molecule has 1 saturated carbocycles. The van der Waals surface area contributed by atoms with E-state index < -0.39 is 6.09 Å². The number of carbonyl (C=O) groups is 2. The lowest BCUT2D eigenvalue weighted by atomic mass is 10.2. The minimum Gasteiger partial charge on any atom is -0.410 e. The third-order valence-electron chi connectivity index (χ3n) is 4.42. The lowest BCUT2D eigenvalue weighted by Gasteiger charge is -2.22. The van der Waals surface area contributed by atoms with Gasteiger partial charge in [-0.1, -0.05) is 42.5 Å². The largest absolute Gasteiger partial charge is 0.424 e. The summed E-state index contributed by atoms with van der Waals surface area (Å²) in [5, 5.41) is 5.62. The number of nitrogens with zero attached hydrogens (tertiary/aromatic N) is 1. The van der Waals surface area contributed by atoms with E-state index >= 15 is 0 Å². The van der Waals surface area contributed by atoms with E-state index in [1.165, 1.54) is 4.90 Å². The van der Waals surface area contributed by atoms with Crippen molar-refractivity contribution in [2.24, 2.45) is 0 Å². The number of anilines is 3. The highest BCUT2D eigenvalue weighted by Gasteiger charge is 2.23. The zero-order valence-electron chi connectivity index (χ0n) is 15.7. The van der Waals surface area contributed by atoms with Gasteiger partial charge in [-0.15, -0.1) is 0 Å². The van der Waals surface area contributed by atoms with Crippen molar-refractivity contribution in [2.45, 2.75) is 18.9 Å². The van der Waals surface area contributed by atoms with Crippen LogP contribution in [0.2, 0.25) is 0 Å². The van der Waals surface area contributed by atoms with E-state index in [1.54, 1.807) is 24.3 Å². The molecule has 29 heavy (non-hydrogen) atoms. The molecular weight excluding hydrogens is 366 g/mol. The highest BCUT2D eigenvalue weighted by Crippen LogP contribution is 2.27. The monoisotopic (exact) mass is 387 g/mol. The summed E-state index contributed by atoms with van der Waals surface area (Å²) in [5.74, 6) is 0.344. The lowest BCUT2D eigenvalue weighted by Crippen LogP contribution is -2.30. The van der Waals surface area contributed by atoms with Crippen LogP contribution in [-0.2, 0) is 0 Å². The van der Waals surface area contributed by atoms with Gasteiger partial charge < -0.3 is 15.4 Å². The SMILES string of the molecule is O=C(Nc1cccc(OC(=O)N(c2ccccc2)c2ccccc2)c1)NC1CC1. The second-order valence-electron chi connectivity index (χ2n) is 6.78. The quantitative estimate of drug-likeness (QED) is 0.623. The van der Waals surface area contributed by atoms with Crippen molar-refractivity contribution in [3.05, 3.63) is 84.9 Å². The Morgan fingerprint density at radius 3 is 2.03 bits per heavy atom. The van der Waals surface area contributed by atoms with Crippen molar-refractivity contribution in [3.8, 4) is 5.75 Å². The zero-order chi connectivity index (χ0) is 20.1. The minimum absolute atomic E-state index is 0.258. The van der Waals surface area contributed by atoms with E-state index in [9.17, 15) is 9.59 Å². The summed E-state index contributed by atoms with van der Waals surface area (Å²) in [6.07, 6.45) is 1.49. The molecule has 146 valence electrons. The van der Waals surface area contributed by atoms with Crippen LogP contribution >= 0.6 is 0 Å². The Labute approximate surface area is 169 Å². The molecule has 3 aromatic rings. The van der Waals surface area contributed by atoms with Crippen LogP contribution < -0.4 is 20.3 Å². The smallest absolute Gasteiger partial charge is 0.410 e. The predicted molar refractivity (Wildman–Crippen MR) is 113 cm³/mol. The normalized spacial score (nSPS) is 12.7. The van der Waals surface area contributed by atoms with Crippen LogP contribution in [0.4, 0.5) is 26.7 Å². The van der Waals surface area contributed by atoms with Crippen molar-refractivity contribution in [1.29, 1.82) is 0 Å². The molecule has 0 aromatic heterocycles. The number of carbonyl (C=O) groups excluding carboxylic acids is 2. The molecule has 1 fully saturated rings. The highest BCUT2D eigenvalue weighted by atomic mass is 16.6. The fourth-order valence-electron chi connectivity index (χ4n) is 2.88. The van der Waals surface area contributed by atoms with Gasteiger partial charge in [0.05, 0.1) is 11.4 Å². The van der Waals surface area contributed by atoms with Gasteiger partial charge in [-0.3, -0.25) is 0 Å². The number of rotatable bonds is 5. The molecule has 1 aliphatic rings. The molecule has 6 nitrogen and oxygen atoms in total. The van der Waals surface area contributed by atoms with Crippen molar-refractivity contribution >= 4 is 29.2 Å². The Balaban J connectivity index is 1.51. The van der Waals surface area contributed by atoms with Crippen molar-refractivity contribution in [2.75, 3.05) is 10.2 Å². The number of ether oxygens (including phenoxy) is 1. The van der Waals surface area contributed by atoms with Crippen LogP contribution in [0.5, 0.6) is 5.75 Å². The Bertz CT molecular complexity index is 949. The molecule has 0 radical (unpaired) electrons.